The molecule has 1 aromatic carbocycles. The molecule has 0 aromatic heterocycles. The van der Waals surface area contributed by atoms with Gasteiger partial charge in [0.05, 0.1) is 15.6 Å². The van der Waals surface area contributed by atoms with Crippen molar-refractivity contribution in [2.75, 3.05) is 38.0 Å². The zero-order valence-electron chi connectivity index (χ0n) is 15.3. The highest BCUT2D eigenvalue weighted by Gasteiger charge is 2.34. The molecule has 0 spiro atoms. The van der Waals surface area contributed by atoms with Crippen molar-refractivity contribution in [2.45, 2.75) is 12.6 Å². The number of amides is 2. The molecule has 0 radical (unpaired) electrons. The molecule has 1 aliphatic carbocycles. The molecule has 29 heavy (non-hydrogen) atoms. The van der Waals surface area contributed by atoms with E-state index in [0.717, 1.165) is 19.0 Å². The van der Waals surface area contributed by atoms with Crippen LogP contribution in [0.4, 0.5) is 28.0 Å². The van der Waals surface area contributed by atoms with Gasteiger partial charge >= 0.3 is 12.2 Å². The van der Waals surface area contributed by atoms with Crippen LogP contribution < -0.4 is 5.32 Å². The van der Waals surface area contributed by atoms with Gasteiger partial charge in [0, 0.05) is 38.4 Å². The number of nitrogens with one attached hydrogen (secondary N) is 1. The van der Waals surface area contributed by atoms with Crippen molar-refractivity contribution in [1.82, 2.24) is 9.80 Å². The van der Waals surface area contributed by atoms with Gasteiger partial charge < -0.3 is 10.2 Å². The Bertz CT molecular complexity index is 833. The molecule has 3 rings (SSSR count). The number of anilines is 1. The molecular formula is C19H19Cl2F4N3O. The van der Waals surface area contributed by atoms with E-state index >= 15 is 0 Å². The molecule has 2 aliphatic rings. The molecule has 1 aliphatic heterocycles. The smallest absolute Gasteiger partial charge is 0.322 e. The van der Waals surface area contributed by atoms with Gasteiger partial charge in [0.1, 0.15) is 5.82 Å². The quantitative estimate of drug-likeness (QED) is 0.636. The van der Waals surface area contributed by atoms with E-state index in [2.05, 4.69) is 10.2 Å². The first-order valence-corrected chi connectivity index (χ1v) is 9.77. The van der Waals surface area contributed by atoms with Gasteiger partial charge in [-0.3, -0.25) is 4.90 Å². The molecule has 158 valence electrons. The first-order chi connectivity index (χ1) is 13.6. The molecule has 0 saturated carbocycles. The lowest BCUT2D eigenvalue weighted by atomic mass is 9.99. The van der Waals surface area contributed by atoms with Crippen molar-refractivity contribution < 1.29 is 22.4 Å². The van der Waals surface area contributed by atoms with Crippen LogP contribution in [0.5, 0.6) is 0 Å². The van der Waals surface area contributed by atoms with Crippen molar-refractivity contribution in [3.05, 3.63) is 51.8 Å². The minimum atomic E-state index is -4.83. The van der Waals surface area contributed by atoms with E-state index in [9.17, 15) is 22.4 Å². The van der Waals surface area contributed by atoms with E-state index in [1.165, 1.54) is 4.90 Å². The zero-order valence-corrected chi connectivity index (χ0v) is 16.8. The zero-order chi connectivity index (χ0) is 21.2. The Morgan fingerprint density at radius 1 is 1.14 bits per heavy atom. The molecule has 4 nitrogen and oxygen atoms in total. The van der Waals surface area contributed by atoms with Crippen LogP contribution in [0.25, 0.3) is 0 Å². The first-order valence-electron chi connectivity index (χ1n) is 9.02. The Morgan fingerprint density at radius 2 is 1.83 bits per heavy atom. The maximum Gasteiger partial charge on any atom is 0.419 e. The molecule has 1 aromatic rings. The molecule has 1 N–H and O–H groups in total. The molecule has 1 heterocycles. The maximum atomic E-state index is 13.4. The van der Waals surface area contributed by atoms with Crippen molar-refractivity contribution in [3.8, 4) is 0 Å². The maximum absolute atomic E-state index is 13.4. The predicted molar refractivity (Wildman–Crippen MR) is 104 cm³/mol. The third kappa shape index (κ3) is 5.65. The van der Waals surface area contributed by atoms with Gasteiger partial charge in [-0.25, -0.2) is 9.18 Å². The minimum absolute atomic E-state index is 0.100. The number of halogens is 6. The highest BCUT2D eigenvalue weighted by Crippen LogP contribution is 2.33. The second-order valence-electron chi connectivity index (χ2n) is 6.97. The van der Waals surface area contributed by atoms with Crippen molar-refractivity contribution >= 4 is 34.9 Å². The largest absolute Gasteiger partial charge is 0.419 e. The molecule has 1 saturated heterocycles. The van der Waals surface area contributed by atoms with Crippen molar-refractivity contribution in [1.29, 1.82) is 0 Å². The molecular weight excluding hydrogens is 433 g/mol. The standard InChI is InChI=1S/C19H19Cl2F4N3O/c20-15-3-1-12(9-16(15)21)11-27-5-7-28(8-6-27)18(29)26-13-2-4-17(22)14(10-13)19(23,24)25/h2-4,9-10,12H,1,5-8,11H2,(H,26,29). The van der Waals surface area contributed by atoms with Gasteiger partial charge in [-0.2, -0.15) is 13.2 Å². The molecule has 10 heteroatoms. The Balaban J connectivity index is 1.52. The number of carbonyl (C=O) groups is 1. The Morgan fingerprint density at radius 3 is 2.45 bits per heavy atom. The number of allylic oxidation sites excluding steroid dienone is 3. The third-order valence-electron chi connectivity index (χ3n) is 4.89. The summed E-state index contributed by atoms with van der Waals surface area (Å²) in [6, 6.07) is 1.89. The number of urea groups is 1. The van der Waals surface area contributed by atoms with Gasteiger partial charge in [0.2, 0.25) is 0 Å². The van der Waals surface area contributed by atoms with E-state index in [1.54, 1.807) is 0 Å². The number of hydrogen-bond donors (Lipinski definition) is 1. The van der Waals surface area contributed by atoms with Crippen LogP contribution in [0.2, 0.25) is 0 Å². The Hall–Kier alpha value is -1.77. The number of piperazine rings is 1. The van der Waals surface area contributed by atoms with Crippen LogP contribution in [-0.4, -0.2) is 48.6 Å². The average Bonchev–Trinajstić information content (AvgIpc) is 2.66. The summed E-state index contributed by atoms with van der Waals surface area (Å²) in [4.78, 5) is 16.1. The lowest BCUT2D eigenvalue weighted by molar-refractivity contribution is -0.139. The van der Waals surface area contributed by atoms with Crippen LogP contribution in [-0.2, 0) is 6.18 Å². The SMILES string of the molecule is O=C(Nc1ccc(F)c(C(F)(F)F)c1)N1CCN(CC2C=C(Cl)C(Cl)=CC2)CC1. The number of nitrogens with zero attached hydrogens (tertiary/aromatic N) is 2. The summed E-state index contributed by atoms with van der Waals surface area (Å²) in [5.74, 6) is -1.14. The average molecular weight is 452 g/mol. The fourth-order valence-corrected chi connectivity index (χ4v) is 3.73. The highest BCUT2D eigenvalue weighted by molar-refractivity contribution is 6.44. The monoisotopic (exact) mass is 451 g/mol. The van der Waals surface area contributed by atoms with E-state index < -0.39 is 23.6 Å². The first kappa shape index (κ1) is 21.9. The van der Waals surface area contributed by atoms with E-state index in [-0.39, 0.29) is 11.6 Å². The van der Waals surface area contributed by atoms with Crippen molar-refractivity contribution in [3.63, 3.8) is 0 Å². The minimum Gasteiger partial charge on any atom is -0.322 e. The number of benzene rings is 1. The van der Waals surface area contributed by atoms with Crippen LogP contribution in [0, 0.1) is 11.7 Å². The van der Waals surface area contributed by atoms with Gasteiger partial charge in [0.15, 0.2) is 0 Å². The Labute approximate surface area is 175 Å². The summed E-state index contributed by atoms with van der Waals surface area (Å²) < 4.78 is 51.8. The normalized spacial score (nSPS) is 20.9. The lowest BCUT2D eigenvalue weighted by Crippen LogP contribution is -2.50. The van der Waals surface area contributed by atoms with Crippen LogP contribution in [0.1, 0.15) is 12.0 Å². The summed E-state index contributed by atoms with van der Waals surface area (Å²) in [5, 5.41) is 3.51. The molecule has 0 bridgehead atoms. The highest BCUT2D eigenvalue weighted by atomic mass is 35.5. The van der Waals surface area contributed by atoms with E-state index in [4.69, 9.17) is 23.2 Å². The molecule has 1 fully saturated rings. The number of rotatable bonds is 3. The van der Waals surface area contributed by atoms with Crippen LogP contribution >= 0.6 is 23.2 Å². The van der Waals surface area contributed by atoms with Crippen molar-refractivity contribution in [2.24, 2.45) is 5.92 Å². The van der Waals surface area contributed by atoms with Crippen LogP contribution in [0.3, 0.4) is 0 Å². The molecule has 1 atom stereocenters. The van der Waals surface area contributed by atoms with E-state index in [1.807, 2.05) is 12.2 Å². The molecule has 1 unspecified atom stereocenters. The summed E-state index contributed by atoms with van der Waals surface area (Å²) in [6.45, 7) is 2.90. The Kier molecular flexibility index (Phi) is 6.76. The summed E-state index contributed by atoms with van der Waals surface area (Å²) in [6.07, 6.45) is -0.222. The second-order valence-corrected chi connectivity index (χ2v) is 7.79. The lowest BCUT2D eigenvalue weighted by Gasteiger charge is -2.36. The van der Waals surface area contributed by atoms with Crippen LogP contribution in [0.15, 0.2) is 40.4 Å². The second kappa shape index (κ2) is 8.93. The summed E-state index contributed by atoms with van der Waals surface area (Å²) >= 11 is 12.0. The number of carbonyl (C=O) groups excluding carboxylic acids is 1. The summed E-state index contributed by atoms with van der Waals surface area (Å²) in [5.41, 5.74) is -1.51. The third-order valence-corrected chi connectivity index (χ3v) is 5.67. The predicted octanol–water partition coefficient (Wildman–Crippen LogP) is 5.26. The van der Waals surface area contributed by atoms with Gasteiger partial charge in [-0.05, 0) is 30.5 Å². The molecule has 2 amide bonds. The fourth-order valence-electron chi connectivity index (χ4n) is 3.32. The fraction of sp³-hybridized carbons (Fsp3) is 0.421. The van der Waals surface area contributed by atoms with Gasteiger partial charge in [0.25, 0.3) is 0 Å². The van der Waals surface area contributed by atoms with Gasteiger partial charge in [-0.15, -0.1) is 0 Å². The number of hydrogen-bond acceptors (Lipinski definition) is 2. The topological polar surface area (TPSA) is 35.6 Å². The van der Waals surface area contributed by atoms with E-state index in [0.29, 0.717) is 48.4 Å². The number of alkyl halides is 3. The summed E-state index contributed by atoms with van der Waals surface area (Å²) in [7, 11) is 0. The van der Waals surface area contributed by atoms with Gasteiger partial charge in [-0.1, -0.05) is 35.4 Å².